The number of anilines is 1. The fourth-order valence-electron chi connectivity index (χ4n) is 3.41. The molecule has 0 spiro atoms. The van der Waals surface area contributed by atoms with E-state index < -0.39 is 0 Å². The van der Waals surface area contributed by atoms with Gasteiger partial charge in [0, 0.05) is 27.9 Å². The number of allylic oxidation sites excluding steroid dienone is 1. The number of hydrogen-bond donors (Lipinski definition) is 2. The number of ketones is 2. The van der Waals surface area contributed by atoms with Gasteiger partial charge in [-0.2, -0.15) is 0 Å². The number of carbonyl (C=O) groups excluding carboxylic acids is 2. The number of benzene rings is 2. The highest BCUT2D eigenvalue weighted by molar-refractivity contribution is 6.30. The molecular formula is C22H20N2O2. The van der Waals surface area contributed by atoms with Crippen LogP contribution < -0.4 is 10.6 Å². The third kappa shape index (κ3) is 2.59. The van der Waals surface area contributed by atoms with Gasteiger partial charge in [0.2, 0.25) is 0 Å². The minimum atomic E-state index is -0.112. The molecular weight excluding hydrogens is 324 g/mol. The normalized spacial score (nSPS) is 21.1. The summed E-state index contributed by atoms with van der Waals surface area (Å²) in [7, 11) is 1.94. The second-order valence-corrected chi connectivity index (χ2v) is 6.92. The van der Waals surface area contributed by atoms with E-state index >= 15 is 0 Å². The topological polar surface area (TPSA) is 58.2 Å². The summed E-state index contributed by atoms with van der Waals surface area (Å²) < 4.78 is 0. The first-order valence-electron chi connectivity index (χ1n) is 8.69. The van der Waals surface area contributed by atoms with Gasteiger partial charge in [0.15, 0.2) is 11.6 Å². The second kappa shape index (κ2) is 6.07. The molecule has 4 heteroatoms. The Kier molecular flexibility index (Phi) is 3.85. The first-order chi connectivity index (χ1) is 12.5. The van der Waals surface area contributed by atoms with E-state index in [4.69, 9.17) is 0 Å². The molecule has 0 amide bonds. The number of rotatable bonds is 3. The maximum absolute atomic E-state index is 13.0. The maximum Gasteiger partial charge on any atom is 0.196 e. The van der Waals surface area contributed by atoms with E-state index in [1.165, 1.54) is 0 Å². The van der Waals surface area contributed by atoms with Crippen LogP contribution in [0, 0.1) is 0 Å². The molecule has 2 aromatic rings. The van der Waals surface area contributed by atoms with Crippen molar-refractivity contribution in [2.45, 2.75) is 18.9 Å². The van der Waals surface area contributed by atoms with Gasteiger partial charge in [0.25, 0.3) is 0 Å². The predicted octanol–water partition coefficient (Wildman–Crippen LogP) is 3.70. The lowest BCUT2D eigenvalue weighted by molar-refractivity contribution is 0.0979. The molecule has 0 fully saturated rings. The molecule has 2 N–H and O–H groups in total. The molecule has 0 bridgehead atoms. The van der Waals surface area contributed by atoms with Gasteiger partial charge in [-0.05, 0) is 32.5 Å². The van der Waals surface area contributed by atoms with E-state index in [2.05, 4.69) is 29.7 Å². The van der Waals surface area contributed by atoms with Crippen molar-refractivity contribution < 1.29 is 9.59 Å². The van der Waals surface area contributed by atoms with Crippen molar-refractivity contribution in [3.63, 3.8) is 0 Å². The average molecular weight is 344 g/mol. The van der Waals surface area contributed by atoms with E-state index in [0.717, 1.165) is 12.1 Å². The third-order valence-electron chi connectivity index (χ3n) is 5.18. The molecule has 0 heterocycles. The van der Waals surface area contributed by atoms with Gasteiger partial charge < -0.3 is 10.6 Å². The van der Waals surface area contributed by atoms with E-state index in [9.17, 15) is 9.59 Å². The van der Waals surface area contributed by atoms with E-state index in [1.54, 1.807) is 30.3 Å². The van der Waals surface area contributed by atoms with Crippen molar-refractivity contribution in [3.05, 3.63) is 88.6 Å². The fraction of sp³-hybridized carbons (Fsp3) is 0.182. The number of fused-ring (bicyclic) bond motifs is 2. The molecule has 2 aliphatic carbocycles. The van der Waals surface area contributed by atoms with Crippen LogP contribution in [0.25, 0.3) is 0 Å². The molecule has 0 radical (unpaired) electrons. The molecule has 0 saturated carbocycles. The molecule has 0 aliphatic heterocycles. The summed E-state index contributed by atoms with van der Waals surface area (Å²) >= 11 is 0. The summed E-state index contributed by atoms with van der Waals surface area (Å²) in [6.45, 7) is 2.13. The molecule has 130 valence electrons. The Morgan fingerprint density at radius 3 is 2.27 bits per heavy atom. The van der Waals surface area contributed by atoms with Crippen LogP contribution in [0.2, 0.25) is 0 Å². The molecule has 1 unspecified atom stereocenters. The van der Waals surface area contributed by atoms with Crippen LogP contribution in [0.15, 0.2) is 66.4 Å². The molecule has 0 saturated heterocycles. The molecule has 2 aliphatic rings. The highest BCUT2D eigenvalue weighted by atomic mass is 16.1. The van der Waals surface area contributed by atoms with Crippen molar-refractivity contribution in [1.82, 2.24) is 5.32 Å². The second-order valence-electron chi connectivity index (χ2n) is 6.92. The van der Waals surface area contributed by atoms with Gasteiger partial charge in [-0.3, -0.25) is 9.59 Å². The lowest BCUT2D eigenvalue weighted by Gasteiger charge is -2.28. The van der Waals surface area contributed by atoms with Crippen LogP contribution in [-0.2, 0) is 0 Å². The van der Waals surface area contributed by atoms with Crippen LogP contribution in [-0.4, -0.2) is 24.2 Å². The van der Waals surface area contributed by atoms with E-state index in [0.29, 0.717) is 27.9 Å². The first-order valence-corrected chi connectivity index (χ1v) is 8.69. The highest BCUT2D eigenvalue weighted by Crippen LogP contribution is 2.33. The van der Waals surface area contributed by atoms with Gasteiger partial charge in [-0.25, -0.2) is 0 Å². The lowest BCUT2D eigenvalue weighted by Crippen LogP contribution is -2.38. The Hall–Kier alpha value is -2.98. The van der Waals surface area contributed by atoms with Gasteiger partial charge >= 0.3 is 0 Å². The number of carbonyl (C=O) groups is 2. The summed E-state index contributed by atoms with van der Waals surface area (Å²) in [6.07, 6.45) is 7.04. The average Bonchev–Trinajstić information content (AvgIpc) is 2.68. The number of nitrogens with one attached hydrogen (secondary N) is 2. The zero-order valence-electron chi connectivity index (χ0n) is 14.8. The zero-order valence-corrected chi connectivity index (χ0v) is 14.8. The van der Waals surface area contributed by atoms with Crippen molar-refractivity contribution >= 4 is 17.3 Å². The van der Waals surface area contributed by atoms with Crippen LogP contribution in [0.1, 0.15) is 45.2 Å². The van der Waals surface area contributed by atoms with Crippen molar-refractivity contribution in [1.29, 1.82) is 0 Å². The molecule has 2 aromatic carbocycles. The Balaban J connectivity index is 1.72. The lowest BCUT2D eigenvalue weighted by atomic mass is 9.83. The maximum atomic E-state index is 13.0. The van der Waals surface area contributed by atoms with Gasteiger partial charge in [-0.15, -0.1) is 0 Å². The van der Waals surface area contributed by atoms with Crippen molar-refractivity contribution in [3.8, 4) is 0 Å². The number of hydrogen-bond acceptors (Lipinski definition) is 4. The SMILES string of the molecule is CNC1(C)C=CC(Nc2cccc3c2C(=O)c2ccccc2C3=O)=CC1. The summed E-state index contributed by atoms with van der Waals surface area (Å²) in [5.41, 5.74) is 3.38. The third-order valence-corrected chi connectivity index (χ3v) is 5.18. The predicted molar refractivity (Wildman–Crippen MR) is 103 cm³/mol. The van der Waals surface area contributed by atoms with Gasteiger partial charge in [0.05, 0.1) is 11.3 Å². The Labute approximate surface area is 152 Å². The van der Waals surface area contributed by atoms with Crippen LogP contribution in [0.4, 0.5) is 5.69 Å². The Morgan fingerprint density at radius 1 is 0.923 bits per heavy atom. The van der Waals surface area contributed by atoms with Gasteiger partial charge in [0.1, 0.15) is 0 Å². The smallest absolute Gasteiger partial charge is 0.196 e. The zero-order chi connectivity index (χ0) is 18.3. The Morgan fingerprint density at radius 2 is 1.62 bits per heavy atom. The van der Waals surface area contributed by atoms with Crippen molar-refractivity contribution in [2.24, 2.45) is 0 Å². The first kappa shape index (κ1) is 16.5. The molecule has 1 atom stereocenters. The standard InChI is InChI=1S/C22H20N2O2/c1-22(23-2)12-10-14(11-13-22)24-18-9-5-8-17-19(18)21(26)16-7-4-3-6-15(16)20(17)25/h3-12,23-24H,13H2,1-2H3. The quantitative estimate of drug-likeness (QED) is 0.761. The fourth-order valence-corrected chi connectivity index (χ4v) is 3.41. The largest absolute Gasteiger partial charge is 0.355 e. The molecule has 4 rings (SSSR count). The summed E-state index contributed by atoms with van der Waals surface area (Å²) in [4.78, 5) is 25.8. The Bertz CT molecular complexity index is 987. The molecule has 0 aromatic heterocycles. The molecule has 4 nitrogen and oxygen atoms in total. The summed E-state index contributed by atoms with van der Waals surface area (Å²) in [5.74, 6) is -0.214. The minimum Gasteiger partial charge on any atom is -0.355 e. The minimum absolute atomic E-state index is 0.0635. The van der Waals surface area contributed by atoms with E-state index in [-0.39, 0.29) is 17.1 Å². The molecule has 26 heavy (non-hydrogen) atoms. The summed E-state index contributed by atoms with van der Waals surface area (Å²) in [5, 5.41) is 6.61. The summed E-state index contributed by atoms with van der Waals surface area (Å²) in [6, 6.07) is 12.4. The van der Waals surface area contributed by atoms with Crippen LogP contribution in [0.3, 0.4) is 0 Å². The van der Waals surface area contributed by atoms with Crippen LogP contribution in [0.5, 0.6) is 0 Å². The van der Waals surface area contributed by atoms with E-state index in [1.807, 2.05) is 25.3 Å². The number of likely N-dealkylation sites (N-methyl/N-ethyl adjacent to an activating group) is 1. The highest BCUT2D eigenvalue weighted by Gasteiger charge is 2.31. The monoisotopic (exact) mass is 344 g/mol. The van der Waals surface area contributed by atoms with Gasteiger partial charge in [-0.1, -0.05) is 48.6 Å². The van der Waals surface area contributed by atoms with Crippen molar-refractivity contribution in [2.75, 3.05) is 12.4 Å². The van der Waals surface area contributed by atoms with Crippen LogP contribution >= 0.6 is 0 Å².